The SMILES string of the molecule is CC(C)n1ncc2cc(NC(=O)c3cccnc3Sc3ccc(Br)cc3)cnc21. The second kappa shape index (κ2) is 8.34. The second-order valence-electron chi connectivity index (χ2n) is 6.69. The van der Waals surface area contributed by atoms with E-state index in [0.29, 0.717) is 16.3 Å². The van der Waals surface area contributed by atoms with Crippen LogP contribution in [0.5, 0.6) is 0 Å². The molecule has 0 spiro atoms. The Morgan fingerprint density at radius 2 is 1.93 bits per heavy atom. The number of fused-ring (bicyclic) bond motifs is 1. The van der Waals surface area contributed by atoms with Gasteiger partial charge in [0.05, 0.1) is 23.6 Å². The summed E-state index contributed by atoms with van der Waals surface area (Å²) in [5, 5.41) is 8.82. The van der Waals surface area contributed by atoms with Gasteiger partial charge in [-0.2, -0.15) is 5.10 Å². The standard InChI is InChI=1S/C21H18BrN5OS/c1-13(2)27-19-14(11-25-27)10-16(12-24-19)26-20(28)18-4-3-9-23-21(18)29-17-7-5-15(22)6-8-17/h3-13H,1-2H3,(H,26,28). The maximum atomic E-state index is 12.9. The van der Waals surface area contributed by atoms with Gasteiger partial charge in [-0.15, -0.1) is 0 Å². The van der Waals surface area contributed by atoms with Crippen molar-refractivity contribution >= 4 is 50.3 Å². The van der Waals surface area contributed by atoms with Crippen LogP contribution in [0.4, 0.5) is 5.69 Å². The quantitative estimate of drug-likeness (QED) is 0.415. The average Bonchev–Trinajstić information content (AvgIpc) is 3.13. The normalized spacial score (nSPS) is 11.2. The number of rotatable bonds is 5. The molecule has 0 saturated carbocycles. The third-order valence-electron chi connectivity index (χ3n) is 4.22. The fraction of sp³-hybridized carbons (Fsp3) is 0.143. The highest BCUT2D eigenvalue weighted by molar-refractivity contribution is 9.10. The van der Waals surface area contributed by atoms with Crippen molar-refractivity contribution in [3.8, 4) is 0 Å². The summed E-state index contributed by atoms with van der Waals surface area (Å²) in [4.78, 5) is 22.8. The first-order chi connectivity index (χ1) is 14.0. The summed E-state index contributed by atoms with van der Waals surface area (Å²) in [5.74, 6) is -0.227. The van der Waals surface area contributed by atoms with Crippen LogP contribution in [-0.2, 0) is 0 Å². The molecule has 3 aromatic heterocycles. The predicted octanol–water partition coefficient (Wildman–Crippen LogP) is 5.57. The van der Waals surface area contributed by atoms with Crippen LogP contribution in [0.1, 0.15) is 30.2 Å². The predicted molar refractivity (Wildman–Crippen MR) is 118 cm³/mol. The summed E-state index contributed by atoms with van der Waals surface area (Å²) in [5.41, 5.74) is 1.93. The number of benzene rings is 1. The summed E-state index contributed by atoms with van der Waals surface area (Å²) < 4.78 is 2.86. The van der Waals surface area contributed by atoms with Gasteiger partial charge in [0.25, 0.3) is 5.91 Å². The van der Waals surface area contributed by atoms with Gasteiger partial charge in [0, 0.05) is 27.0 Å². The number of nitrogens with one attached hydrogen (secondary N) is 1. The molecule has 0 aliphatic carbocycles. The lowest BCUT2D eigenvalue weighted by Crippen LogP contribution is -2.14. The van der Waals surface area contributed by atoms with Crippen molar-refractivity contribution in [3.05, 3.63) is 71.1 Å². The van der Waals surface area contributed by atoms with Gasteiger partial charge in [-0.05, 0) is 56.3 Å². The molecule has 6 nitrogen and oxygen atoms in total. The molecule has 0 bridgehead atoms. The van der Waals surface area contributed by atoms with Crippen LogP contribution < -0.4 is 5.32 Å². The van der Waals surface area contributed by atoms with Crippen molar-refractivity contribution in [2.45, 2.75) is 29.8 Å². The summed E-state index contributed by atoms with van der Waals surface area (Å²) in [7, 11) is 0. The van der Waals surface area contributed by atoms with E-state index < -0.39 is 0 Å². The van der Waals surface area contributed by atoms with Crippen LogP contribution in [0, 0.1) is 0 Å². The zero-order valence-corrected chi connectivity index (χ0v) is 18.2. The summed E-state index contributed by atoms with van der Waals surface area (Å²) in [6.45, 7) is 4.10. The van der Waals surface area contributed by atoms with Gasteiger partial charge in [0.1, 0.15) is 5.03 Å². The van der Waals surface area contributed by atoms with Crippen molar-refractivity contribution in [2.24, 2.45) is 0 Å². The number of nitrogens with zero attached hydrogens (tertiary/aromatic N) is 4. The molecule has 0 atom stereocenters. The van der Waals surface area contributed by atoms with E-state index in [1.807, 2.05) is 35.0 Å². The van der Waals surface area contributed by atoms with Crippen LogP contribution in [-0.4, -0.2) is 25.7 Å². The summed E-state index contributed by atoms with van der Waals surface area (Å²) in [6, 6.07) is 13.5. The molecular weight excluding hydrogens is 450 g/mol. The molecule has 1 amide bonds. The molecule has 4 rings (SSSR count). The lowest BCUT2D eigenvalue weighted by atomic mass is 10.2. The Balaban J connectivity index is 1.57. The van der Waals surface area contributed by atoms with Gasteiger partial charge in [-0.25, -0.2) is 14.6 Å². The topological polar surface area (TPSA) is 72.7 Å². The molecule has 8 heteroatoms. The molecule has 4 aromatic rings. The fourth-order valence-corrected chi connectivity index (χ4v) is 3.99. The smallest absolute Gasteiger partial charge is 0.258 e. The Morgan fingerprint density at radius 3 is 2.69 bits per heavy atom. The number of halogens is 1. The van der Waals surface area contributed by atoms with E-state index >= 15 is 0 Å². The van der Waals surface area contributed by atoms with Gasteiger partial charge in [0.15, 0.2) is 5.65 Å². The number of hydrogen-bond donors (Lipinski definition) is 1. The summed E-state index contributed by atoms with van der Waals surface area (Å²) in [6.07, 6.45) is 5.10. The molecule has 146 valence electrons. The van der Waals surface area contributed by atoms with Gasteiger partial charge in [0.2, 0.25) is 0 Å². The van der Waals surface area contributed by atoms with E-state index in [2.05, 4.69) is 50.2 Å². The van der Waals surface area contributed by atoms with Gasteiger partial charge in [-0.1, -0.05) is 27.7 Å². The lowest BCUT2D eigenvalue weighted by molar-refractivity contribution is 0.102. The average molecular weight is 468 g/mol. The lowest BCUT2D eigenvalue weighted by Gasteiger charge is -2.10. The molecule has 0 aliphatic rings. The molecule has 1 aromatic carbocycles. The Kier molecular flexibility index (Phi) is 5.64. The van der Waals surface area contributed by atoms with Crippen LogP contribution in [0.15, 0.2) is 75.4 Å². The molecule has 0 aliphatic heterocycles. The second-order valence-corrected chi connectivity index (χ2v) is 8.66. The van der Waals surface area contributed by atoms with Crippen molar-refractivity contribution < 1.29 is 4.79 Å². The van der Waals surface area contributed by atoms with E-state index in [1.165, 1.54) is 11.8 Å². The number of hydrogen-bond acceptors (Lipinski definition) is 5. The highest BCUT2D eigenvalue weighted by Gasteiger charge is 2.15. The van der Waals surface area contributed by atoms with Crippen molar-refractivity contribution in [2.75, 3.05) is 5.32 Å². The minimum absolute atomic E-state index is 0.217. The Bertz CT molecular complexity index is 1170. The van der Waals surface area contributed by atoms with Gasteiger partial charge < -0.3 is 5.32 Å². The molecule has 29 heavy (non-hydrogen) atoms. The van der Waals surface area contributed by atoms with E-state index in [0.717, 1.165) is 20.4 Å². The molecule has 0 radical (unpaired) electrons. The number of aromatic nitrogens is 4. The summed E-state index contributed by atoms with van der Waals surface area (Å²) >= 11 is 4.88. The van der Waals surface area contributed by atoms with Crippen molar-refractivity contribution in [1.82, 2.24) is 19.7 Å². The Hall–Kier alpha value is -2.71. The molecule has 0 unspecified atom stereocenters. The third-order valence-corrected chi connectivity index (χ3v) is 5.78. The van der Waals surface area contributed by atoms with Crippen molar-refractivity contribution in [1.29, 1.82) is 0 Å². The van der Waals surface area contributed by atoms with E-state index in [9.17, 15) is 4.79 Å². The van der Waals surface area contributed by atoms with Crippen molar-refractivity contribution in [3.63, 3.8) is 0 Å². The monoisotopic (exact) mass is 467 g/mol. The van der Waals surface area contributed by atoms with Crippen LogP contribution in [0.2, 0.25) is 0 Å². The van der Waals surface area contributed by atoms with Crippen LogP contribution >= 0.6 is 27.7 Å². The molecular formula is C21H18BrN5OS. The first-order valence-electron chi connectivity index (χ1n) is 9.04. The van der Waals surface area contributed by atoms with Crippen LogP contribution in [0.25, 0.3) is 11.0 Å². The highest BCUT2D eigenvalue weighted by Crippen LogP contribution is 2.30. The fourth-order valence-electron chi connectivity index (χ4n) is 2.84. The number of amides is 1. The third kappa shape index (κ3) is 4.33. The molecule has 3 heterocycles. The minimum atomic E-state index is -0.227. The maximum Gasteiger partial charge on any atom is 0.258 e. The van der Waals surface area contributed by atoms with E-state index in [-0.39, 0.29) is 11.9 Å². The van der Waals surface area contributed by atoms with Gasteiger partial charge >= 0.3 is 0 Å². The molecule has 1 N–H and O–H groups in total. The largest absolute Gasteiger partial charge is 0.320 e. The number of carbonyl (C=O) groups is 1. The number of pyridine rings is 2. The van der Waals surface area contributed by atoms with E-state index in [1.54, 1.807) is 30.7 Å². The first kappa shape index (κ1) is 19.6. The Morgan fingerprint density at radius 1 is 1.14 bits per heavy atom. The van der Waals surface area contributed by atoms with E-state index in [4.69, 9.17) is 0 Å². The Labute approximate surface area is 180 Å². The molecule has 0 fully saturated rings. The zero-order chi connectivity index (χ0) is 20.4. The number of carbonyl (C=O) groups excluding carboxylic acids is 1. The molecule has 0 saturated heterocycles. The first-order valence-corrected chi connectivity index (χ1v) is 10.7. The van der Waals surface area contributed by atoms with Crippen LogP contribution in [0.3, 0.4) is 0 Å². The number of anilines is 1. The highest BCUT2D eigenvalue weighted by atomic mass is 79.9. The minimum Gasteiger partial charge on any atom is -0.320 e. The van der Waals surface area contributed by atoms with Gasteiger partial charge in [-0.3, -0.25) is 4.79 Å². The maximum absolute atomic E-state index is 12.9. The zero-order valence-electron chi connectivity index (χ0n) is 15.8.